The Hall–Kier alpha value is -3.93. The molecule has 1 aliphatic heterocycles. The largest absolute Gasteiger partial charge is 0.492 e. The van der Waals surface area contributed by atoms with Crippen LogP contribution in [0, 0.1) is 0 Å². The molecule has 0 spiro atoms. The highest BCUT2D eigenvalue weighted by molar-refractivity contribution is 5.83. The molecule has 1 saturated heterocycles. The second-order valence-corrected chi connectivity index (χ2v) is 8.87. The molecule has 0 radical (unpaired) electrons. The van der Waals surface area contributed by atoms with Crippen LogP contribution in [0.15, 0.2) is 12.1 Å². The third-order valence-electron chi connectivity index (χ3n) is 5.79. The zero-order valence-electron chi connectivity index (χ0n) is 21.3. The lowest BCUT2D eigenvalue weighted by atomic mass is 10.3. The highest BCUT2D eigenvalue weighted by Gasteiger charge is 2.21. The summed E-state index contributed by atoms with van der Waals surface area (Å²) in [6.45, 7) is 0.263. The molecule has 0 unspecified atom stereocenters. The fourth-order valence-corrected chi connectivity index (χ4v) is 3.84. The van der Waals surface area contributed by atoms with Crippen LogP contribution in [0.25, 0.3) is 0 Å². The van der Waals surface area contributed by atoms with Crippen molar-refractivity contribution in [1.82, 2.24) is 29.6 Å². The minimum atomic E-state index is -1.07. The Labute approximate surface area is 223 Å². The summed E-state index contributed by atoms with van der Waals surface area (Å²) in [4.78, 5) is 69.8. The van der Waals surface area contributed by atoms with Gasteiger partial charge in [0.05, 0.1) is 26.2 Å². The first-order valence-corrected chi connectivity index (χ1v) is 12.0. The summed E-state index contributed by atoms with van der Waals surface area (Å²) in [6, 6.07) is 2.20. The molecule has 0 aromatic carbocycles. The minimum absolute atomic E-state index is 0.194. The molecule has 2 heterocycles. The Bertz CT molecular complexity index is 965. The number of nitrogens with zero attached hydrogens (tertiary/aromatic N) is 5. The summed E-state index contributed by atoms with van der Waals surface area (Å²) in [5.74, 6) is -5.76. The highest BCUT2D eigenvalue weighted by Crippen LogP contribution is 2.18. The van der Waals surface area contributed by atoms with Gasteiger partial charge in [0.2, 0.25) is 17.7 Å². The number of carbonyl (C=O) groups excluding carboxylic acids is 2. The van der Waals surface area contributed by atoms with Crippen molar-refractivity contribution < 1.29 is 54.3 Å². The number of aromatic hydroxyl groups is 2. The zero-order chi connectivity index (χ0) is 28.9. The smallest absolute Gasteiger partial charge is 0.352 e. The topological polar surface area (TPSA) is 226 Å². The Morgan fingerprint density at radius 1 is 0.641 bits per heavy atom. The third-order valence-corrected chi connectivity index (χ3v) is 5.79. The molecule has 39 heavy (non-hydrogen) atoms. The van der Waals surface area contributed by atoms with Crippen LogP contribution < -0.4 is 10.2 Å². The number of carboxylic acid groups (broad SMARTS) is 3. The van der Waals surface area contributed by atoms with Gasteiger partial charge in [0.1, 0.15) is 6.54 Å². The maximum absolute atomic E-state index is 12.5. The van der Waals surface area contributed by atoms with Gasteiger partial charge < -0.3 is 35.7 Å². The molecule has 1 fully saturated rings. The van der Waals surface area contributed by atoms with Crippen LogP contribution in [0.4, 0.5) is 0 Å². The van der Waals surface area contributed by atoms with Crippen LogP contribution >= 0.6 is 0 Å². The van der Waals surface area contributed by atoms with Gasteiger partial charge >= 0.3 is 23.9 Å². The van der Waals surface area contributed by atoms with Crippen molar-refractivity contribution in [3.63, 3.8) is 0 Å². The van der Waals surface area contributed by atoms with Crippen molar-refractivity contribution in [2.75, 3.05) is 85.1 Å². The van der Waals surface area contributed by atoms with Crippen molar-refractivity contribution in [3.05, 3.63) is 12.1 Å². The summed E-state index contributed by atoms with van der Waals surface area (Å²) in [5.41, 5.74) is 0. The van der Waals surface area contributed by atoms with E-state index in [1.807, 2.05) is 0 Å². The average Bonchev–Trinajstić information content (AvgIpc) is 3.15. The first-order valence-electron chi connectivity index (χ1n) is 12.0. The van der Waals surface area contributed by atoms with Crippen molar-refractivity contribution in [3.8, 4) is 11.8 Å². The number of amides is 1. The molecule has 17 heteroatoms. The van der Waals surface area contributed by atoms with Gasteiger partial charge in [-0.15, -0.1) is 4.73 Å². The molecule has 0 aliphatic carbocycles. The summed E-state index contributed by atoms with van der Waals surface area (Å²) < 4.78 is 0.483. The van der Waals surface area contributed by atoms with E-state index in [-0.39, 0.29) is 78.5 Å². The molecule has 2 rings (SSSR count). The monoisotopic (exact) mass is 558 g/mol. The first-order chi connectivity index (χ1) is 18.4. The van der Waals surface area contributed by atoms with Crippen LogP contribution in [-0.2, 0) is 24.0 Å². The van der Waals surface area contributed by atoms with E-state index in [1.54, 1.807) is 19.6 Å². The molecule has 0 saturated carbocycles. The van der Waals surface area contributed by atoms with Crippen LogP contribution in [-0.4, -0.2) is 165 Å². The van der Waals surface area contributed by atoms with Crippen molar-refractivity contribution in [2.45, 2.75) is 0 Å². The number of carboxylic acids is 3. The molecule has 17 nitrogen and oxygen atoms in total. The molecular weight excluding hydrogens is 524 g/mol. The van der Waals surface area contributed by atoms with Gasteiger partial charge in [0, 0.05) is 64.5 Å². The number of hydrogen-bond donors (Lipinski definition) is 6. The number of nitrogens with one attached hydrogen (secondary N) is 1. The summed E-state index contributed by atoms with van der Waals surface area (Å²) in [6.07, 6.45) is 0. The van der Waals surface area contributed by atoms with Crippen LogP contribution in [0.3, 0.4) is 0 Å². The highest BCUT2D eigenvalue weighted by atomic mass is 16.7. The maximum atomic E-state index is 12.5. The summed E-state index contributed by atoms with van der Waals surface area (Å²) in [7, 11) is 0. The summed E-state index contributed by atoms with van der Waals surface area (Å²) in [5, 5.41) is 49.2. The molecular formula is C22H34N6O11. The van der Waals surface area contributed by atoms with Gasteiger partial charge in [-0.25, -0.2) is 4.79 Å². The Kier molecular flexibility index (Phi) is 12.4. The van der Waals surface area contributed by atoms with Gasteiger partial charge in [-0.05, 0) is 0 Å². The lowest BCUT2D eigenvalue weighted by Crippen LogP contribution is -2.50. The van der Waals surface area contributed by atoms with E-state index in [4.69, 9.17) is 4.84 Å². The van der Waals surface area contributed by atoms with E-state index in [0.717, 1.165) is 12.1 Å². The average molecular weight is 559 g/mol. The fourth-order valence-electron chi connectivity index (χ4n) is 3.84. The molecule has 218 valence electrons. The predicted molar refractivity (Wildman–Crippen MR) is 131 cm³/mol. The maximum Gasteiger partial charge on any atom is 0.352 e. The molecule has 0 atom stereocenters. The van der Waals surface area contributed by atoms with Gasteiger partial charge in [-0.3, -0.25) is 38.8 Å². The Morgan fingerprint density at radius 2 is 0.974 bits per heavy atom. The fraction of sp³-hybridized carbons (Fsp3) is 0.591. The van der Waals surface area contributed by atoms with E-state index in [1.165, 1.54) is 0 Å². The van der Waals surface area contributed by atoms with Crippen molar-refractivity contribution in [2.24, 2.45) is 0 Å². The van der Waals surface area contributed by atoms with E-state index < -0.39 is 48.1 Å². The Morgan fingerprint density at radius 3 is 1.31 bits per heavy atom. The molecule has 1 aromatic rings. The predicted octanol–water partition coefficient (Wildman–Crippen LogP) is -3.55. The number of carbonyl (C=O) groups is 5. The van der Waals surface area contributed by atoms with Crippen LogP contribution in [0.5, 0.6) is 11.8 Å². The number of hydrogen-bond acceptors (Lipinski definition) is 12. The van der Waals surface area contributed by atoms with E-state index in [9.17, 15) is 49.5 Å². The van der Waals surface area contributed by atoms with Crippen LogP contribution in [0.1, 0.15) is 0 Å². The summed E-state index contributed by atoms with van der Waals surface area (Å²) >= 11 is 0. The minimum Gasteiger partial charge on any atom is -0.492 e. The molecule has 1 aliphatic rings. The standard InChI is InChI=1S/C22H34N6O11/c29-16(23-11-22(38)39-28-17(30)1-2-18(28)31)12-24-3-5-25(13-19(32)33)7-9-27(15-21(36)37)10-8-26(6-4-24)14-20(34)35/h1-2,30-31H,3-15H2,(H,23,29)(H,32,33)(H,34,35)(H,36,37). The lowest BCUT2D eigenvalue weighted by Gasteiger charge is -2.32. The molecule has 1 amide bonds. The second kappa shape index (κ2) is 15.5. The zero-order valence-corrected chi connectivity index (χ0v) is 21.3. The van der Waals surface area contributed by atoms with Crippen molar-refractivity contribution in [1.29, 1.82) is 0 Å². The number of rotatable bonds is 11. The first kappa shape index (κ1) is 31.3. The SMILES string of the molecule is O=C(O)CN1CCN(CC(=O)O)CCN(CC(=O)NCC(=O)On2c(O)ccc2O)CCN(CC(=O)O)CC1. The van der Waals surface area contributed by atoms with E-state index in [2.05, 4.69) is 5.32 Å². The number of aliphatic carboxylic acids is 3. The van der Waals surface area contributed by atoms with Gasteiger partial charge in [0.25, 0.3) is 0 Å². The Balaban J connectivity index is 2.03. The quantitative estimate of drug-likeness (QED) is 0.155. The van der Waals surface area contributed by atoms with Crippen LogP contribution in [0.2, 0.25) is 0 Å². The second-order valence-electron chi connectivity index (χ2n) is 8.87. The van der Waals surface area contributed by atoms with Gasteiger partial charge in [0.15, 0.2) is 0 Å². The molecule has 1 aromatic heterocycles. The third kappa shape index (κ3) is 12.0. The van der Waals surface area contributed by atoms with Gasteiger partial charge in [-0.2, -0.15) is 0 Å². The van der Waals surface area contributed by atoms with Gasteiger partial charge in [-0.1, -0.05) is 0 Å². The molecule has 0 bridgehead atoms. The normalized spacial score (nSPS) is 17.0. The van der Waals surface area contributed by atoms with E-state index in [0.29, 0.717) is 4.73 Å². The number of aromatic nitrogens is 1. The van der Waals surface area contributed by atoms with E-state index >= 15 is 0 Å². The van der Waals surface area contributed by atoms with Crippen molar-refractivity contribution >= 4 is 29.8 Å². The molecule has 6 N–H and O–H groups in total. The lowest BCUT2D eigenvalue weighted by molar-refractivity contribution is -0.145.